The molecule has 0 atom stereocenters. The van der Waals surface area contributed by atoms with Crippen molar-refractivity contribution in [3.8, 4) is 0 Å². The van der Waals surface area contributed by atoms with E-state index in [9.17, 15) is 4.79 Å². The lowest BCUT2D eigenvalue weighted by Crippen LogP contribution is -2.34. The summed E-state index contributed by atoms with van der Waals surface area (Å²) in [5.41, 5.74) is 1.63. The van der Waals surface area contributed by atoms with Gasteiger partial charge in [0.25, 0.3) is 5.91 Å². The lowest BCUT2D eigenvalue weighted by atomic mass is 10.2. The number of pyridine rings is 1. The largest absolute Gasteiger partial charge is 0.337 e. The van der Waals surface area contributed by atoms with Gasteiger partial charge in [-0.3, -0.25) is 9.78 Å². The van der Waals surface area contributed by atoms with Crippen molar-refractivity contribution in [3.05, 3.63) is 29.6 Å². The molecular formula is C12H17N3O. The second kappa shape index (κ2) is 5.07. The van der Waals surface area contributed by atoms with Crippen LogP contribution in [-0.4, -0.2) is 42.0 Å². The lowest BCUT2D eigenvalue weighted by Gasteiger charge is -2.19. The molecule has 1 amide bonds. The molecule has 1 aliphatic heterocycles. The molecule has 0 aliphatic carbocycles. The van der Waals surface area contributed by atoms with E-state index in [4.69, 9.17) is 0 Å². The molecule has 2 rings (SSSR count). The monoisotopic (exact) mass is 219 g/mol. The van der Waals surface area contributed by atoms with Crippen molar-refractivity contribution in [2.75, 3.05) is 26.2 Å². The Kier molecular flexibility index (Phi) is 3.51. The molecule has 0 radical (unpaired) electrons. The smallest absolute Gasteiger partial charge is 0.255 e. The maximum absolute atomic E-state index is 12.1. The summed E-state index contributed by atoms with van der Waals surface area (Å²) in [6, 6.07) is 3.73. The van der Waals surface area contributed by atoms with E-state index in [-0.39, 0.29) is 5.91 Å². The van der Waals surface area contributed by atoms with Gasteiger partial charge in [-0.05, 0) is 32.0 Å². The molecule has 0 saturated carbocycles. The number of hydrogen-bond donors (Lipinski definition) is 1. The summed E-state index contributed by atoms with van der Waals surface area (Å²) >= 11 is 0. The summed E-state index contributed by atoms with van der Waals surface area (Å²) in [5.74, 6) is 0.0937. The van der Waals surface area contributed by atoms with Crippen LogP contribution in [0.3, 0.4) is 0 Å². The van der Waals surface area contributed by atoms with E-state index < -0.39 is 0 Å². The first kappa shape index (κ1) is 11.1. The fourth-order valence-corrected chi connectivity index (χ4v) is 1.83. The average Bonchev–Trinajstić information content (AvgIpc) is 2.57. The molecular weight excluding hydrogens is 202 g/mol. The van der Waals surface area contributed by atoms with Gasteiger partial charge in [0, 0.05) is 31.5 Å². The van der Waals surface area contributed by atoms with E-state index in [1.807, 2.05) is 24.0 Å². The highest BCUT2D eigenvalue weighted by atomic mass is 16.2. The standard InChI is InChI=1S/C12H17N3O/c1-10-3-4-11(9-14-10)12(16)15-7-2-5-13-6-8-15/h3-4,9,13H,2,5-8H2,1H3. The molecule has 1 saturated heterocycles. The lowest BCUT2D eigenvalue weighted by molar-refractivity contribution is 0.0766. The summed E-state index contributed by atoms with van der Waals surface area (Å²) in [5, 5.41) is 3.28. The van der Waals surface area contributed by atoms with E-state index in [2.05, 4.69) is 10.3 Å². The molecule has 2 heterocycles. The number of nitrogens with one attached hydrogen (secondary N) is 1. The number of nitrogens with zero attached hydrogens (tertiary/aromatic N) is 2. The van der Waals surface area contributed by atoms with Crippen LogP contribution in [0.2, 0.25) is 0 Å². The Morgan fingerprint density at radius 1 is 1.38 bits per heavy atom. The van der Waals surface area contributed by atoms with E-state index in [0.717, 1.165) is 38.3 Å². The van der Waals surface area contributed by atoms with Crippen LogP contribution < -0.4 is 5.32 Å². The van der Waals surface area contributed by atoms with Crippen LogP contribution in [0.4, 0.5) is 0 Å². The van der Waals surface area contributed by atoms with Gasteiger partial charge >= 0.3 is 0 Å². The number of carbonyl (C=O) groups excluding carboxylic acids is 1. The maximum atomic E-state index is 12.1. The maximum Gasteiger partial charge on any atom is 0.255 e. The van der Waals surface area contributed by atoms with Gasteiger partial charge in [-0.2, -0.15) is 0 Å². The summed E-state index contributed by atoms with van der Waals surface area (Å²) in [7, 11) is 0. The predicted octanol–water partition coefficient (Wildman–Crippen LogP) is 0.826. The third-order valence-corrected chi connectivity index (χ3v) is 2.79. The first-order valence-corrected chi connectivity index (χ1v) is 5.70. The van der Waals surface area contributed by atoms with Gasteiger partial charge < -0.3 is 10.2 Å². The van der Waals surface area contributed by atoms with Crippen LogP contribution in [0.1, 0.15) is 22.5 Å². The van der Waals surface area contributed by atoms with Gasteiger partial charge in [-0.1, -0.05) is 0 Å². The van der Waals surface area contributed by atoms with Crippen molar-refractivity contribution in [1.29, 1.82) is 0 Å². The molecule has 1 N–H and O–H groups in total. The van der Waals surface area contributed by atoms with Gasteiger partial charge in [-0.25, -0.2) is 0 Å². The fraction of sp³-hybridized carbons (Fsp3) is 0.500. The molecule has 0 aromatic carbocycles. The van der Waals surface area contributed by atoms with Crippen LogP contribution in [0, 0.1) is 6.92 Å². The zero-order valence-corrected chi connectivity index (χ0v) is 9.57. The molecule has 0 bridgehead atoms. The fourth-order valence-electron chi connectivity index (χ4n) is 1.83. The zero-order chi connectivity index (χ0) is 11.4. The van der Waals surface area contributed by atoms with E-state index in [1.165, 1.54) is 0 Å². The Hall–Kier alpha value is -1.42. The van der Waals surface area contributed by atoms with Gasteiger partial charge in [-0.15, -0.1) is 0 Å². The molecule has 86 valence electrons. The number of aromatic nitrogens is 1. The Morgan fingerprint density at radius 3 is 3.00 bits per heavy atom. The van der Waals surface area contributed by atoms with E-state index >= 15 is 0 Å². The van der Waals surface area contributed by atoms with Gasteiger partial charge in [0.1, 0.15) is 0 Å². The normalized spacial score (nSPS) is 16.9. The summed E-state index contributed by atoms with van der Waals surface area (Å²) < 4.78 is 0. The molecule has 0 spiro atoms. The quantitative estimate of drug-likeness (QED) is 0.760. The van der Waals surface area contributed by atoms with Crippen LogP contribution in [0.25, 0.3) is 0 Å². The van der Waals surface area contributed by atoms with Crippen molar-refractivity contribution in [2.45, 2.75) is 13.3 Å². The number of aryl methyl sites for hydroxylation is 1. The zero-order valence-electron chi connectivity index (χ0n) is 9.57. The van der Waals surface area contributed by atoms with Crippen LogP contribution in [-0.2, 0) is 0 Å². The number of rotatable bonds is 1. The first-order chi connectivity index (χ1) is 7.77. The second-order valence-corrected chi connectivity index (χ2v) is 4.08. The molecule has 1 aromatic rings. The third kappa shape index (κ3) is 2.58. The molecule has 1 fully saturated rings. The van der Waals surface area contributed by atoms with Crippen molar-refractivity contribution >= 4 is 5.91 Å². The molecule has 4 nitrogen and oxygen atoms in total. The Balaban J connectivity index is 2.08. The molecule has 4 heteroatoms. The molecule has 16 heavy (non-hydrogen) atoms. The van der Waals surface area contributed by atoms with Crippen molar-refractivity contribution in [2.24, 2.45) is 0 Å². The predicted molar refractivity (Wildman–Crippen MR) is 62.4 cm³/mol. The average molecular weight is 219 g/mol. The molecule has 1 aromatic heterocycles. The summed E-state index contributed by atoms with van der Waals surface area (Å²) in [6.45, 7) is 5.41. The van der Waals surface area contributed by atoms with Crippen LogP contribution >= 0.6 is 0 Å². The minimum absolute atomic E-state index is 0.0937. The first-order valence-electron chi connectivity index (χ1n) is 5.70. The van der Waals surface area contributed by atoms with Crippen molar-refractivity contribution in [3.63, 3.8) is 0 Å². The summed E-state index contributed by atoms with van der Waals surface area (Å²) in [6.07, 6.45) is 2.68. The minimum atomic E-state index is 0.0937. The van der Waals surface area contributed by atoms with E-state index in [0.29, 0.717) is 5.56 Å². The highest BCUT2D eigenvalue weighted by Crippen LogP contribution is 2.06. The van der Waals surface area contributed by atoms with Crippen molar-refractivity contribution in [1.82, 2.24) is 15.2 Å². The SMILES string of the molecule is Cc1ccc(C(=O)N2CCCNCC2)cn1. The minimum Gasteiger partial charge on any atom is -0.337 e. The van der Waals surface area contributed by atoms with Crippen molar-refractivity contribution < 1.29 is 4.79 Å². The van der Waals surface area contributed by atoms with Gasteiger partial charge in [0.05, 0.1) is 5.56 Å². The van der Waals surface area contributed by atoms with Crippen LogP contribution in [0.15, 0.2) is 18.3 Å². The number of hydrogen-bond acceptors (Lipinski definition) is 3. The Labute approximate surface area is 95.7 Å². The number of carbonyl (C=O) groups is 1. The third-order valence-electron chi connectivity index (χ3n) is 2.79. The second-order valence-electron chi connectivity index (χ2n) is 4.08. The Morgan fingerprint density at radius 2 is 2.25 bits per heavy atom. The van der Waals surface area contributed by atoms with Crippen LogP contribution in [0.5, 0.6) is 0 Å². The molecule has 1 aliphatic rings. The van der Waals surface area contributed by atoms with Gasteiger partial charge in [0.15, 0.2) is 0 Å². The van der Waals surface area contributed by atoms with Gasteiger partial charge in [0.2, 0.25) is 0 Å². The summed E-state index contributed by atoms with van der Waals surface area (Å²) in [4.78, 5) is 18.2. The number of amides is 1. The Bertz CT molecular complexity index is 353. The highest BCUT2D eigenvalue weighted by molar-refractivity contribution is 5.93. The highest BCUT2D eigenvalue weighted by Gasteiger charge is 2.16. The van der Waals surface area contributed by atoms with E-state index in [1.54, 1.807) is 6.20 Å². The molecule has 0 unspecified atom stereocenters. The topological polar surface area (TPSA) is 45.2 Å².